The van der Waals surface area contributed by atoms with Crippen LogP contribution in [0.4, 0.5) is 0 Å². The molecule has 1 aliphatic rings. The van der Waals surface area contributed by atoms with E-state index in [2.05, 4.69) is 0 Å². The van der Waals surface area contributed by atoms with Gasteiger partial charge in [-0.05, 0) is 25.3 Å². The molecular formula is C6H13NO. The first-order valence-corrected chi connectivity index (χ1v) is 3.22. The quantitative estimate of drug-likeness (QED) is 0.509. The predicted octanol–water partition coefficient (Wildman–Crippen LogP) is 0.106. The molecule has 0 saturated heterocycles. The van der Waals surface area contributed by atoms with Gasteiger partial charge in [0.15, 0.2) is 0 Å². The molecule has 3 N–H and O–H groups in total. The molecule has 0 unspecified atom stereocenters. The molecule has 1 saturated carbocycles. The third kappa shape index (κ3) is 1.01. The van der Waals surface area contributed by atoms with E-state index in [1.807, 2.05) is 0 Å². The fourth-order valence-corrected chi connectivity index (χ4v) is 1.29. The summed E-state index contributed by atoms with van der Waals surface area (Å²) in [5, 5.41) is 9.11. The van der Waals surface area contributed by atoms with Crippen molar-refractivity contribution in [3.63, 3.8) is 0 Å². The second-order valence-electron chi connectivity index (χ2n) is 2.49. The van der Waals surface area contributed by atoms with Crippen molar-refractivity contribution in [3.8, 4) is 0 Å². The Hall–Kier alpha value is -0.0800. The molecule has 0 aliphatic heterocycles. The molecule has 48 valence electrons. The van der Waals surface area contributed by atoms with Gasteiger partial charge in [-0.25, -0.2) is 0 Å². The van der Waals surface area contributed by atoms with Gasteiger partial charge in [-0.1, -0.05) is 6.42 Å². The van der Waals surface area contributed by atoms with Crippen molar-refractivity contribution in [1.29, 1.82) is 0 Å². The van der Waals surface area contributed by atoms with E-state index in [1.54, 1.807) is 0 Å². The average molecular weight is 115 g/mol. The van der Waals surface area contributed by atoms with Gasteiger partial charge < -0.3 is 10.8 Å². The van der Waals surface area contributed by atoms with Gasteiger partial charge in [-0.15, -0.1) is 0 Å². The Morgan fingerprint density at radius 2 is 2.25 bits per heavy atom. The van der Waals surface area contributed by atoms with Crippen LogP contribution in [0.5, 0.6) is 0 Å². The van der Waals surface area contributed by atoms with E-state index in [0.29, 0.717) is 12.5 Å². The summed E-state index contributed by atoms with van der Waals surface area (Å²) >= 11 is 0. The summed E-state index contributed by atoms with van der Waals surface area (Å²) < 4.78 is 0. The maximum atomic E-state index is 9.11. The number of aliphatic hydroxyl groups excluding tert-OH is 1. The fraction of sp³-hybridized carbons (Fsp3) is 1.00. The van der Waals surface area contributed by atoms with Crippen molar-refractivity contribution in [1.82, 2.24) is 0 Å². The second kappa shape index (κ2) is 2.46. The van der Waals surface area contributed by atoms with Crippen LogP contribution in [0.25, 0.3) is 0 Å². The molecule has 2 heteroatoms. The number of hydrogen-bond acceptors (Lipinski definition) is 2. The first-order valence-electron chi connectivity index (χ1n) is 3.22. The lowest BCUT2D eigenvalue weighted by Crippen LogP contribution is -2.21. The Morgan fingerprint density at radius 3 is 2.50 bits per heavy atom. The highest BCUT2D eigenvalue weighted by Gasteiger charge is 2.22. The largest absolute Gasteiger partial charge is 0.393 e. The zero-order chi connectivity index (χ0) is 5.98. The summed E-state index contributed by atoms with van der Waals surface area (Å²) in [5.41, 5.74) is 5.36. The monoisotopic (exact) mass is 115 g/mol. The van der Waals surface area contributed by atoms with Crippen LogP contribution < -0.4 is 5.73 Å². The van der Waals surface area contributed by atoms with Gasteiger partial charge in [0, 0.05) is 0 Å². The van der Waals surface area contributed by atoms with Crippen LogP contribution in [0.3, 0.4) is 0 Å². The maximum absolute atomic E-state index is 9.11. The molecule has 0 aromatic carbocycles. The second-order valence-corrected chi connectivity index (χ2v) is 2.49. The molecule has 0 aromatic rings. The van der Waals surface area contributed by atoms with E-state index in [1.165, 1.54) is 0 Å². The van der Waals surface area contributed by atoms with Gasteiger partial charge in [0.1, 0.15) is 0 Å². The SMILES string of the molecule is NC[C@@H]1CCC[C@@H]1O. The van der Waals surface area contributed by atoms with Crippen LogP contribution in [-0.4, -0.2) is 17.8 Å². The van der Waals surface area contributed by atoms with E-state index >= 15 is 0 Å². The molecule has 8 heavy (non-hydrogen) atoms. The highest BCUT2D eigenvalue weighted by molar-refractivity contribution is 4.76. The standard InChI is InChI=1S/C6H13NO/c7-4-5-2-1-3-6(5)8/h5-6,8H,1-4,7H2/t5-,6-/m0/s1. The third-order valence-electron chi connectivity index (χ3n) is 1.92. The first kappa shape index (κ1) is 6.05. The van der Waals surface area contributed by atoms with Gasteiger partial charge in [-0.2, -0.15) is 0 Å². The Balaban J connectivity index is 2.30. The van der Waals surface area contributed by atoms with Crippen molar-refractivity contribution < 1.29 is 5.11 Å². The van der Waals surface area contributed by atoms with Crippen molar-refractivity contribution in [2.45, 2.75) is 25.4 Å². The minimum atomic E-state index is -0.0972. The molecule has 0 spiro atoms. The van der Waals surface area contributed by atoms with Crippen LogP contribution in [-0.2, 0) is 0 Å². The van der Waals surface area contributed by atoms with Gasteiger partial charge in [0.25, 0.3) is 0 Å². The van der Waals surface area contributed by atoms with Gasteiger partial charge >= 0.3 is 0 Å². The molecule has 1 rings (SSSR count). The topological polar surface area (TPSA) is 46.2 Å². The van der Waals surface area contributed by atoms with E-state index in [9.17, 15) is 0 Å². The summed E-state index contributed by atoms with van der Waals surface area (Å²) in [6.45, 7) is 0.654. The summed E-state index contributed by atoms with van der Waals surface area (Å²) in [4.78, 5) is 0. The lowest BCUT2D eigenvalue weighted by atomic mass is 10.1. The Morgan fingerprint density at radius 1 is 1.50 bits per heavy atom. The van der Waals surface area contributed by atoms with E-state index < -0.39 is 0 Å². The van der Waals surface area contributed by atoms with Gasteiger partial charge in [-0.3, -0.25) is 0 Å². The van der Waals surface area contributed by atoms with E-state index in [4.69, 9.17) is 10.8 Å². The highest BCUT2D eigenvalue weighted by Crippen LogP contribution is 2.23. The zero-order valence-corrected chi connectivity index (χ0v) is 5.01. The molecular weight excluding hydrogens is 102 g/mol. The van der Waals surface area contributed by atoms with E-state index in [0.717, 1.165) is 19.3 Å². The van der Waals surface area contributed by atoms with Crippen molar-refractivity contribution in [2.24, 2.45) is 11.7 Å². The molecule has 0 bridgehead atoms. The highest BCUT2D eigenvalue weighted by atomic mass is 16.3. The number of rotatable bonds is 1. The Labute approximate surface area is 49.7 Å². The summed E-state index contributed by atoms with van der Waals surface area (Å²) in [6, 6.07) is 0. The molecule has 1 aliphatic carbocycles. The van der Waals surface area contributed by atoms with Crippen LogP contribution in [0, 0.1) is 5.92 Å². The number of nitrogens with two attached hydrogens (primary N) is 1. The molecule has 0 aromatic heterocycles. The van der Waals surface area contributed by atoms with Crippen LogP contribution >= 0.6 is 0 Å². The summed E-state index contributed by atoms with van der Waals surface area (Å²) in [7, 11) is 0. The number of hydrogen-bond donors (Lipinski definition) is 2. The van der Waals surface area contributed by atoms with Crippen molar-refractivity contribution in [2.75, 3.05) is 6.54 Å². The molecule has 0 radical (unpaired) electrons. The zero-order valence-electron chi connectivity index (χ0n) is 5.01. The number of aliphatic hydroxyl groups is 1. The maximum Gasteiger partial charge on any atom is 0.0580 e. The minimum Gasteiger partial charge on any atom is -0.393 e. The third-order valence-corrected chi connectivity index (χ3v) is 1.92. The molecule has 2 nitrogen and oxygen atoms in total. The molecule has 0 amide bonds. The van der Waals surface area contributed by atoms with Crippen LogP contribution in [0.1, 0.15) is 19.3 Å². The Bertz CT molecular complexity index is 74.9. The average Bonchev–Trinajstić information content (AvgIpc) is 2.14. The molecule has 1 fully saturated rings. The smallest absolute Gasteiger partial charge is 0.0580 e. The van der Waals surface area contributed by atoms with Gasteiger partial charge in [0.2, 0.25) is 0 Å². The Kier molecular flexibility index (Phi) is 1.86. The van der Waals surface area contributed by atoms with Crippen molar-refractivity contribution >= 4 is 0 Å². The lowest BCUT2D eigenvalue weighted by molar-refractivity contribution is 0.136. The molecule has 2 atom stereocenters. The molecule has 0 heterocycles. The summed E-state index contributed by atoms with van der Waals surface area (Å²) in [6.07, 6.45) is 3.14. The van der Waals surface area contributed by atoms with Crippen LogP contribution in [0.15, 0.2) is 0 Å². The predicted molar refractivity (Wildman–Crippen MR) is 32.4 cm³/mol. The van der Waals surface area contributed by atoms with Gasteiger partial charge in [0.05, 0.1) is 6.10 Å². The van der Waals surface area contributed by atoms with Crippen molar-refractivity contribution in [3.05, 3.63) is 0 Å². The lowest BCUT2D eigenvalue weighted by Gasteiger charge is -2.09. The summed E-state index contributed by atoms with van der Waals surface area (Å²) in [5.74, 6) is 0.398. The normalized spacial score (nSPS) is 38.2. The van der Waals surface area contributed by atoms with E-state index in [-0.39, 0.29) is 6.10 Å². The van der Waals surface area contributed by atoms with Crippen LogP contribution in [0.2, 0.25) is 0 Å². The first-order chi connectivity index (χ1) is 3.84. The fourth-order valence-electron chi connectivity index (χ4n) is 1.29. The minimum absolute atomic E-state index is 0.0972.